The Morgan fingerprint density at radius 2 is 2.20 bits per heavy atom. The van der Waals surface area contributed by atoms with Crippen LogP contribution in [-0.2, 0) is 4.79 Å². The van der Waals surface area contributed by atoms with E-state index in [2.05, 4.69) is 15.9 Å². The topological polar surface area (TPSA) is 59.3 Å². The molecule has 1 N–H and O–H groups in total. The van der Waals surface area contributed by atoms with Gasteiger partial charge in [0.1, 0.15) is 6.04 Å². The molecule has 1 rings (SSSR count). The SMILES string of the molecule is CCC(C(=O)O)n1c(C)c(Br)ccc1=O. The average molecular weight is 274 g/mol. The summed E-state index contributed by atoms with van der Waals surface area (Å²) in [6.45, 7) is 3.46. The van der Waals surface area contributed by atoms with Crippen molar-refractivity contribution >= 4 is 21.9 Å². The van der Waals surface area contributed by atoms with Crippen LogP contribution in [0.25, 0.3) is 0 Å². The maximum Gasteiger partial charge on any atom is 0.326 e. The first kappa shape index (κ1) is 12.0. The number of carbonyl (C=O) groups is 1. The highest BCUT2D eigenvalue weighted by atomic mass is 79.9. The van der Waals surface area contributed by atoms with Crippen LogP contribution >= 0.6 is 15.9 Å². The molecule has 0 radical (unpaired) electrons. The third-order valence-corrected chi connectivity index (χ3v) is 3.14. The van der Waals surface area contributed by atoms with E-state index in [1.54, 1.807) is 19.9 Å². The number of aromatic nitrogens is 1. The Morgan fingerprint density at radius 3 is 2.67 bits per heavy atom. The summed E-state index contributed by atoms with van der Waals surface area (Å²) >= 11 is 3.27. The summed E-state index contributed by atoms with van der Waals surface area (Å²) in [6, 6.07) is 2.20. The van der Waals surface area contributed by atoms with Crippen molar-refractivity contribution in [1.29, 1.82) is 0 Å². The number of rotatable bonds is 3. The van der Waals surface area contributed by atoms with Crippen LogP contribution in [0.3, 0.4) is 0 Å². The van der Waals surface area contributed by atoms with E-state index < -0.39 is 12.0 Å². The van der Waals surface area contributed by atoms with E-state index in [1.807, 2.05) is 0 Å². The van der Waals surface area contributed by atoms with Gasteiger partial charge in [0.15, 0.2) is 0 Å². The van der Waals surface area contributed by atoms with Crippen LogP contribution < -0.4 is 5.56 Å². The quantitative estimate of drug-likeness (QED) is 0.916. The first-order valence-electron chi connectivity index (χ1n) is 4.59. The molecule has 5 heteroatoms. The first-order chi connectivity index (χ1) is 6.99. The van der Waals surface area contributed by atoms with E-state index >= 15 is 0 Å². The molecule has 0 amide bonds. The summed E-state index contributed by atoms with van der Waals surface area (Å²) < 4.78 is 2.04. The lowest BCUT2D eigenvalue weighted by Crippen LogP contribution is -2.30. The average Bonchev–Trinajstić information content (AvgIpc) is 2.18. The zero-order valence-corrected chi connectivity index (χ0v) is 10.1. The number of nitrogens with zero attached hydrogens (tertiary/aromatic N) is 1. The number of aliphatic carboxylic acids is 1. The van der Waals surface area contributed by atoms with Crippen LogP contribution in [0.2, 0.25) is 0 Å². The largest absolute Gasteiger partial charge is 0.480 e. The fraction of sp³-hybridized carbons (Fsp3) is 0.400. The summed E-state index contributed by atoms with van der Waals surface area (Å²) in [5.74, 6) is -0.985. The van der Waals surface area contributed by atoms with Crippen LogP contribution in [0.4, 0.5) is 0 Å². The Morgan fingerprint density at radius 1 is 1.60 bits per heavy atom. The Balaban J connectivity index is 3.41. The molecule has 0 aliphatic rings. The van der Waals surface area contributed by atoms with Gasteiger partial charge in [-0.2, -0.15) is 0 Å². The van der Waals surface area contributed by atoms with Gasteiger partial charge in [-0.1, -0.05) is 6.92 Å². The zero-order chi connectivity index (χ0) is 11.6. The summed E-state index contributed by atoms with van der Waals surface area (Å²) in [5.41, 5.74) is 0.349. The van der Waals surface area contributed by atoms with Crippen molar-refractivity contribution in [1.82, 2.24) is 4.57 Å². The molecule has 0 saturated carbocycles. The molecule has 0 spiro atoms. The van der Waals surface area contributed by atoms with E-state index in [-0.39, 0.29) is 5.56 Å². The maximum atomic E-state index is 11.6. The number of carboxylic acids is 1. The van der Waals surface area contributed by atoms with Crippen LogP contribution in [0.5, 0.6) is 0 Å². The molecule has 0 fully saturated rings. The summed E-state index contributed by atoms with van der Waals surface area (Å²) in [7, 11) is 0. The lowest BCUT2D eigenvalue weighted by Gasteiger charge is -2.17. The molecular weight excluding hydrogens is 262 g/mol. The lowest BCUT2D eigenvalue weighted by molar-refractivity contribution is -0.141. The number of carboxylic acid groups (broad SMARTS) is 1. The third kappa shape index (κ3) is 2.28. The number of hydrogen-bond acceptors (Lipinski definition) is 2. The van der Waals surface area contributed by atoms with Crippen molar-refractivity contribution in [3.63, 3.8) is 0 Å². The molecule has 1 aromatic heterocycles. The molecule has 1 aromatic rings. The van der Waals surface area contributed by atoms with Gasteiger partial charge in [-0.05, 0) is 35.3 Å². The van der Waals surface area contributed by atoms with E-state index in [1.165, 1.54) is 10.6 Å². The van der Waals surface area contributed by atoms with Gasteiger partial charge in [-0.15, -0.1) is 0 Å². The molecule has 1 atom stereocenters. The summed E-state index contributed by atoms with van der Waals surface area (Å²) in [5, 5.41) is 8.99. The minimum atomic E-state index is -0.985. The molecular formula is C10H12BrNO3. The highest BCUT2D eigenvalue weighted by molar-refractivity contribution is 9.10. The molecule has 0 aromatic carbocycles. The highest BCUT2D eigenvalue weighted by Crippen LogP contribution is 2.18. The second-order valence-corrected chi connectivity index (χ2v) is 4.09. The first-order valence-corrected chi connectivity index (χ1v) is 5.38. The predicted molar refractivity (Wildman–Crippen MR) is 60.1 cm³/mol. The second-order valence-electron chi connectivity index (χ2n) is 3.24. The minimum Gasteiger partial charge on any atom is -0.480 e. The van der Waals surface area contributed by atoms with Crippen molar-refractivity contribution in [2.75, 3.05) is 0 Å². The van der Waals surface area contributed by atoms with Crippen molar-refractivity contribution in [3.05, 3.63) is 32.7 Å². The molecule has 82 valence electrons. The van der Waals surface area contributed by atoms with Gasteiger partial charge < -0.3 is 5.11 Å². The van der Waals surface area contributed by atoms with Gasteiger partial charge in [-0.25, -0.2) is 4.79 Å². The molecule has 15 heavy (non-hydrogen) atoms. The monoisotopic (exact) mass is 273 g/mol. The summed E-state index contributed by atoms with van der Waals surface area (Å²) in [6.07, 6.45) is 0.381. The van der Waals surface area contributed by atoms with Crippen LogP contribution in [0, 0.1) is 6.92 Å². The van der Waals surface area contributed by atoms with E-state index in [4.69, 9.17) is 5.11 Å². The fourth-order valence-electron chi connectivity index (χ4n) is 1.48. The van der Waals surface area contributed by atoms with E-state index in [0.717, 1.165) is 4.47 Å². The van der Waals surface area contributed by atoms with Gasteiger partial charge in [0.25, 0.3) is 5.56 Å². The molecule has 1 unspecified atom stereocenters. The standard InChI is InChI=1S/C10H12BrNO3/c1-3-8(10(14)15)12-6(2)7(11)4-5-9(12)13/h4-5,8H,3H2,1-2H3,(H,14,15). The Bertz CT molecular complexity index is 439. The van der Waals surface area contributed by atoms with Crippen LogP contribution in [-0.4, -0.2) is 15.6 Å². The molecule has 0 aliphatic heterocycles. The third-order valence-electron chi connectivity index (χ3n) is 2.30. The highest BCUT2D eigenvalue weighted by Gasteiger charge is 2.20. The lowest BCUT2D eigenvalue weighted by atomic mass is 10.2. The van der Waals surface area contributed by atoms with Crippen molar-refractivity contribution in [2.24, 2.45) is 0 Å². The van der Waals surface area contributed by atoms with Crippen LogP contribution in [0.15, 0.2) is 21.4 Å². The minimum absolute atomic E-state index is 0.287. The number of hydrogen-bond donors (Lipinski definition) is 1. The zero-order valence-electron chi connectivity index (χ0n) is 8.53. The van der Waals surface area contributed by atoms with E-state index in [9.17, 15) is 9.59 Å². The molecule has 0 bridgehead atoms. The number of pyridine rings is 1. The molecule has 0 aliphatic carbocycles. The van der Waals surface area contributed by atoms with Crippen molar-refractivity contribution < 1.29 is 9.90 Å². The van der Waals surface area contributed by atoms with Gasteiger partial charge in [0.2, 0.25) is 0 Å². The smallest absolute Gasteiger partial charge is 0.326 e. The Kier molecular flexibility index (Phi) is 3.68. The fourth-order valence-corrected chi connectivity index (χ4v) is 1.80. The molecule has 0 saturated heterocycles. The number of halogens is 1. The Hall–Kier alpha value is -1.10. The molecule has 4 nitrogen and oxygen atoms in total. The maximum absolute atomic E-state index is 11.6. The van der Waals surface area contributed by atoms with Gasteiger partial charge in [0, 0.05) is 16.2 Å². The van der Waals surface area contributed by atoms with Gasteiger partial charge in [-0.3, -0.25) is 9.36 Å². The van der Waals surface area contributed by atoms with Gasteiger partial charge >= 0.3 is 5.97 Å². The van der Waals surface area contributed by atoms with E-state index in [0.29, 0.717) is 12.1 Å². The normalized spacial score (nSPS) is 12.5. The van der Waals surface area contributed by atoms with Crippen molar-refractivity contribution in [2.45, 2.75) is 26.3 Å². The second kappa shape index (κ2) is 4.61. The molecule has 1 heterocycles. The Labute approximate surface area is 95.7 Å². The summed E-state index contributed by atoms with van der Waals surface area (Å²) in [4.78, 5) is 22.5. The van der Waals surface area contributed by atoms with Gasteiger partial charge in [0.05, 0.1) is 0 Å². The van der Waals surface area contributed by atoms with Crippen LogP contribution in [0.1, 0.15) is 25.1 Å². The predicted octanol–water partition coefficient (Wildman–Crippen LogP) is 1.95. The van der Waals surface area contributed by atoms with Crippen molar-refractivity contribution in [3.8, 4) is 0 Å².